The van der Waals surface area contributed by atoms with E-state index >= 15 is 0 Å². The lowest BCUT2D eigenvalue weighted by molar-refractivity contribution is 0.0745. The first-order valence-corrected chi connectivity index (χ1v) is 12.3. The Balaban J connectivity index is 1.89. The molecule has 0 aliphatic rings. The minimum absolute atomic E-state index is 0.0249. The molecule has 0 fully saturated rings. The van der Waals surface area contributed by atoms with Crippen LogP contribution in [0.2, 0.25) is 25.7 Å². The molecule has 3 aromatic rings. The number of ether oxygens (including phenoxy) is 1. The highest BCUT2D eigenvalue weighted by atomic mass is 28.3. The number of fused-ring (bicyclic) bond motifs is 1. The van der Waals surface area contributed by atoms with Crippen LogP contribution in [0.25, 0.3) is 10.9 Å². The van der Waals surface area contributed by atoms with Gasteiger partial charge in [-0.1, -0.05) is 68.2 Å². The SMILES string of the molecule is C[Si](C)(C)CCOCn1nc2ccccc2c1C(=O)c1ccccc1. The summed E-state index contributed by atoms with van der Waals surface area (Å²) in [6.45, 7) is 7.97. The molecule has 0 N–H and O–H groups in total. The highest BCUT2D eigenvalue weighted by Gasteiger charge is 2.20. The van der Waals surface area contributed by atoms with E-state index < -0.39 is 8.07 Å². The van der Waals surface area contributed by atoms with E-state index in [4.69, 9.17) is 4.74 Å². The van der Waals surface area contributed by atoms with E-state index in [1.54, 1.807) is 4.68 Å². The van der Waals surface area contributed by atoms with Gasteiger partial charge in [-0.15, -0.1) is 0 Å². The van der Waals surface area contributed by atoms with Crippen molar-refractivity contribution in [2.45, 2.75) is 32.4 Å². The second kappa shape index (κ2) is 7.33. The maximum atomic E-state index is 13.0. The lowest BCUT2D eigenvalue weighted by Crippen LogP contribution is -2.22. The maximum Gasteiger partial charge on any atom is 0.211 e. The van der Waals surface area contributed by atoms with Gasteiger partial charge < -0.3 is 4.74 Å². The predicted octanol–water partition coefficient (Wildman–Crippen LogP) is 4.58. The topological polar surface area (TPSA) is 44.1 Å². The van der Waals surface area contributed by atoms with Gasteiger partial charge in [0.1, 0.15) is 12.4 Å². The number of hydrogen-bond donors (Lipinski definition) is 0. The molecule has 0 bridgehead atoms. The molecule has 2 aromatic carbocycles. The summed E-state index contributed by atoms with van der Waals surface area (Å²) in [5.74, 6) is -0.0249. The van der Waals surface area contributed by atoms with Crippen molar-refractivity contribution in [3.8, 4) is 0 Å². The molecule has 1 aromatic heterocycles. The minimum atomic E-state index is -1.14. The molecule has 0 saturated carbocycles. The van der Waals surface area contributed by atoms with Crippen LogP contribution in [-0.2, 0) is 11.5 Å². The van der Waals surface area contributed by atoms with Crippen LogP contribution in [0.3, 0.4) is 0 Å². The van der Waals surface area contributed by atoms with Crippen molar-refractivity contribution in [3.05, 3.63) is 65.9 Å². The normalized spacial score (nSPS) is 11.8. The zero-order valence-corrected chi connectivity index (χ0v) is 16.0. The van der Waals surface area contributed by atoms with Crippen LogP contribution in [0.15, 0.2) is 54.6 Å². The summed E-state index contributed by atoms with van der Waals surface area (Å²) in [6, 6.07) is 18.2. The summed E-state index contributed by atoms with van der Waals surface area (Å²) in [7, 11) is -1.14. The fraction of sp³-hybridized carbons (Fsp3) is 0.300. The number of carbonyl (C=O) groups is 1. The largest absolute Gasteiger partial charge is 0.360 e. The van der Waals surface area contributed by atoms with Gasteiger partial charge in [0.05, 0.1) is 5.52 Å². The van der Waals surface area contributed by atoms with E-state index in [9.17, 15) is 4.79 Å². The van der Waals surface area contributed by atoms with E-state index in [1.165, 1.54) is 0 Å². The predicted molar refractivity (Wildman–Crippen MR) is 104 cm³/mol. The smallest absolute Gasteiger partial charge is 0.211 e. The number of hydrogen-bond acceptors (Lipinski definition) is 3. The average molecular weight is 353 g/mol. The molecule has 0 aliphatic heterocycles. The molecule has 0 atom stereocenters. The van der Waals surface area contributed by atoms with Crippen LogP contribution >= 0.6 is 0 Å². The third kappa shape index (κ3) is 4.24. The number of nitrogens with zero attached hydrogens (tertiary/aromatic N) is 2. The van der Waals surface area contributed by atoms with Crippen molar-refractivity contribution in [1.29, 1.82) is 0 Å². The van der Waals surface area contributed by atoms with Crippen LogP contribution in [0.4, 0.5) is 0 Å². The first-order chi connectivity index (χ1) is 12.0. The summed E-state index contributed by atoms with van der Waals surface area (Å²) in [5, 5.41) is 5.44. The van der Waals surface area contributed by atoms with E-state index in [0.717, 1.165) is 16.9 Å². The Morgan fingerprint density at radius 1 is 1.04 bits per heavy atom. The van der Waals surface area contributed by atoms with Crippen molar-refractivity contribution in [2.24, 2.45) is 0 Å². The monoisotopic (exact) mass is 352 g/mol. The van der Waals surface area contributed by atoms with Crippen LogP contribution in [-0.4, -0.2) is 30.2 Å². The molecule has 0 amide bonds. The van der Waals surface area contributed by atoms with E-state index in [1.807, 2.05) is 54.6 Å². The van der Waals surface area contributed by atoms with Crippen LogP contribution in [0, 0.1) is 0 Å². The van der Waals surface area contributed by atoms with Gasteiger partial charge in [-0.05, 0) is 12.1 Å². The highest BCUT2D eigenvalue weighted by molar-refractivity contribution is 6.76. The van der Waals surface area contributed by atoms with Gasteiger partial charge in [0.25, 0.3) is 0 Å². The van der Waals surface area contributed by atoms with Gasteiger partial charge in [0.15, 0.2) is 0 Å². The number of benzene rings is 2. The van der Waals surface area contributed by atoms with E-state index in [2.05, 4.69) is 24.7 Å². The van der Waals surface area contributed by atoms with Crippen LogP contribution in [0.1, 0.15) is 16.1 Å². The molecule has 0 unspecified atom stereocenters. The zero-order chi connectivity index (χ0) is 17.9. The van der Waals surface area contributed by atoms with Crippen molar-refractivity contribution in [3.63, 3.8) is 0 Å². The molecule has 5 heteroatoms. The molecule has 3 rings (SSSR count). The first kappa shape index (κ1) is 17.6. The van der Waals surface area contributed by atoms with Gasteiger partial charge in [0, 0.05) is 25.6 Å². The van der Waals surface area contributed by atoms with Gasteiger partial charge in [-0.3, -0.25) is 4.79 Å². The van der Waals surface area contributed by atoms with E-state index in [0.29, 0.717) is 24.6 Å². The zero-order valence-electron chi connectivity index (χ0n) is 15.0. The number of aromatic nitrogens is 2. The Morgan fingerprint density at radius 2 is 1.72 bits per heavy atom. The van der Waals surface area contributed by atoms with Crippen molar-refractivity contribution < 1.29 is 9.53 Å². The van der Waals surface area contributed by atoms with E-state index in [-0.39, 0.29) is 5.78 Å². The summed E-state index contributed by atoms with van der Waals surface area (Å²) >= 11 is 0. The van der Waals surface area contributed by atoms with Gasteiger partial charge in [-0.2, -0.15) is 5.10 Å². The second-order valence-corrected chi connectivity index (χ2v) is 13.0. The molecule has 4 nitrogen and oxygen atoms in total. The lowest BCUT2D eigenvalue weighted by atomic mass is 10.1. The number of ketones is 1. The molecule has 0 saturated heterocycles. The van der Waals surface area contributed by atoms with Crippen molar-refractivity contribution >= 4 is 24.8 Å². The van der Waals surface area contributed by atoms with Crippen molar-refractivity contribution in [1.82, 2.24) is 9.78 Å². The quantitative estimate of drug-likeness (QED) is 0.355. The highest BCUT2D eigenvalue weighted by Crippen LogP contribution is 2.21. The summed E-state index contributed by atoms with van der Waals surface area (Å²) in [5.41, 5.74) is 2.07. The summed E-state index contributed by atoms with van der Waals surface area (Å²) < 4.78 is 7.53. The standard InChI is InChI=1S/C20H24N2O2Si/c1-25(2,3)14-13-24-15-22-19(17-11-7-8-12-18(17)21-22)20(23)16-9-5-4-6-10-16/h4-12H,13-15H2,1-3H3. The molecule has 0 aliphatic carbocycles. The minimum Gasteiger partial charge on any atom is -0.360 e. The van der Waals surface area contributed by atoms with Crippen LogP contribution in [0.5, 0.6) is 0 Å². The van der Waals surface area contributed by atoms with Gasteiger partial charge in [-0.25, -0.2) is 4.68 Å². The third-order valence-corrected chi connectivity index (χ3v) is 5.81. The number of rotatable bonds is 7. The van der Waals surface area contributed by atoms with Crippen molar-refractivity contribution in [2.75, 3.05) is 6.61 Å². The van der Waals surface area contributed by atoms with Gasteiger partial charge >= 0.3 is 0 Å². The Hall–Kier alpha value is -2.24. The molecule has 1 heterocycles. The average Bonchev–Trinajstić information content (AvgIpc) is 2.96. The third-order valence-electron chi connectivity index (χ3n) is 4.11. The second-order valence-electron chi connectivity index (χ2n) is 7.41. The Labute approximate surface area is 149 Å². The fourth-order valence-electron chi connectivity index (χ4n) is 2.67. The first-order valence-electron chi connectivity index (χ1n) is 8.59. The van der Waals surface area contributed by atoms with Gasteiger partial charge in [0.2, 0.25) is 5.78 Å². The lowest BCUT2D eigenvalue weighted by Gasteiger charge is -2.15. The number of carbonyl (C=O) groups excluding carboxylic acids is 1. The Morgan fingerprint density at radius 3 is 2.44 bits per heavy atom. The summed E-state index contributed by atoms with van der Waals surface area (Å²) in [4.78, 5) is 13.0. The molecule has 0 radical (unpaired) electrons. The fourth-order valence-corrected chi connectivity index (χ4v) is 3.43. The Bertz CT molecular complexity index is 866. The van der Waals surface area contributed by atoms with Crippen LogP contribution < -0.4 is 0 Å². The molecule has 25 heavy (non-hydrogen) atoms. The molecule has 130 valence electrons. The summed E-state index contributed by atoms with van der Waals surface area (Å²) in [6.07, 6.45) is 0. The molecule has 0 spiro atoms. The molecular weight excluding hydrogens is 328 g/mol. The maximum absolute atomic E-state index is 13.0. The Kier molecular flexibility index (Phi) is 5.15. The molecular formula is C20H24N2O2Si.